The summed E-state index contributed by atoms with van der Waals surface area (Å²) in [6, 6.07) is 7.32. The number of rotatable bonds is 8. The Morgan fingerprint density at radius 2 is 1.82 bits per heavy atom. The first-order chi connectivity index (χ1) is 9.90. The quantitative estimate of drug-likeness (QED) is 0.770. The Hall–Kier alpha value is -1.26. The van der Waals surface area contributed by atoms with E-state index in [1.165, 1.54) is 0 Å². The summed E-state index contributed by atoms with van der Waals surface area (Å²) in [5, 5.41) is 2.89. The summed E-state index contributed by atoms with van der Waals surface area (Å²) in [4.78, 5) is 12.0. The first kappa shape index (κ1) is 20.7. The van der Waals surface area contributed by atoms with Gasteiger partial charge in [-0.2, -0.15) is 0 Å². The highest BCUT2D eigenvalue weighted by Gasteiger charge is 2.15. The van der Waals surface area contributed by atoms with Crippen LogP contribution in [0.2, 0.25) is 0 Å². The largest absolute Gasteiger partial charge is 0.493 e. The summed E-state index contributed by atoms with van der Waals surface area (Å²) in [6.45, 7) is 9.44. The van der Waals surface area contributed by atoms with Crippen molar-refractivity contribution < 1.29 is 9.53 Å². The van der Waals surface area contributed by atoms with Gasteiger partial charge in [-0.05, 0) is 24.3 Å². The van der Waals surface area contributed by atoms with Gasteiger partial charge in [0.2, 0.25) is 5.91 Å². The fraction of sp³-hybridized carbons (Fsp3) is 0.588. The SMILES string of the molecule is CC(C)COc1ccccc1CNC(=O)[C@@H](N)CC(C)C.Cl. The number of para-hydroxylation sites is 1. The highest BCUT2D eigenvalue weighted by molar-refractivity contribution is 5.85. The maximum atomic E-state index is 12.0. The molecule has 0 saturated heterocycles. The van der Waals surface area contributed by atoms with Gasteiger partial charge in [-0.25, -0.2) is 0 Å². The number of hydrogen-bond donors (Lipinski definition) is 2. The van der Waals surface area contributed by atoms with Gasteiger partial charge >= 0.3 is 0 Å². The number of nitrogens with two attached hydrogens (primary N) is 1. The molecule has 0 heterocycles. The van der Waals surface area contributed by atoms with Crippen molar-refractivity contribution >= 4 is 18.3 Å². The molecule has 4 nitrogen and oxygen atoms in total. The van der Waals surface area contributed by atoms with Crippen LogP contribution in [0.25, 0.3) is 0 Å². The lowest BCUT2D eigenvalue weighted by Crippen LogP contribution is -2.41. The zero-order valence-corrected chi connectivity index (χ0v) is 14.8. The van der Waals surface area contributed by atoms with E-state index in [4.69, 9.17) is 10.5 Å². The molecule has 1 aromatic carbocycles. The van der Waals surface area contributed by atoms with Gasteiger partial charge in [0.15, 0.2) is 0 Å². The summed E-state index contributed by atoms with van der Waals surface area (Å²) in [5.74, 6) is 1.59. The first-order valence-electron chi connectivity index (χ1n) is 7.64. The van der Waals surface area contributed by atoms with Crippen molar-refractivity contribution in [3.63, 3.8) is 0 Å². The van der Waals surface area contributed by atoms with Crippen LogP contribution in [0.15, 0.2) is 24.3 Å². The smallest absolute Gasteiger partial charge is 0.237 e. The highest BCUT2D eigenvalue weighted by atomic mass is 35.5. The van der Waals surface area contributed by atoms with Crippen LogP contribution in [-0.4, -0.2) is 18.6 Å². The lowest BCUT2D eigenvalue weighted by molar-refractivity contribution is -0.122. The molecule has 1 amide bonds. The molecule has 0 radical (unpaired) electrons. The van der Waals surface area contributed by atoms with E-state index in [0.717, 1.165) is 11.3 Å². The molecule has 0 saturated carbocycles. The molecule has 1 atom stereocenters. The minimum absolute atomic E-state index is 0. The third-order valence-corrected chi connectivity index (χ3v) is 3.06. The molecule has 3 N–H and O–H groups in total. The Morgan fingerprint density at radius 3 is 2.41 bits per heavy atom. The molecule has 0 aliphatic carbocycles. The average molecular weight is 329 g/mol. The molecule has 0 aliphatic rings. The molecule has 1 aromatic rings. The second-order valence-corrected chi connectivity index (χ2v) is 6.27. The fourth-order valence-corrected chi connectivity index (χ4v) is 1.98. The van der Waals surface area contributed by atoms with Gasteiger partial charge in [0.25, 0.3) is 0 Å². The van der Waals surface area contributed by atoms with Gasteiger partial charge in [-0.15, -0.1) is 12.4 Å². The van der Waals surface area contributed by atoms with E-state index in [0.29, 0.717) is 31.4 Å². The molecule has 0 aliphatic heterocycles. The van der Waals surface area contributed by atoms with E-state index < -0.39 is 6.04 Å². The van der Waals surface area contributed by atoms with E-state index in [-0.39, 0.29) is 18.3 Å². The van der Waals surface area contributed by atoms with Gasteiger partial charge in [-0.3, -0.25) is 4.79 Å². The van der Waals surface area contributed by atoms with Gasteiger partial charge in [0, 0.05) is 12.1 Å². The minimum Gasteiger partial charge on any atom is -0.493 e. The van der Waals surface area contributed by atoms with Gasteiger partial charge < -0.3 is 15.8 Å². The topological polar surface area (TPSA) is 64.3 Å². The van der Waals surface area contributed by atoms with Crippen LogP contribution < -0.4 is 15.8 Å². The number of benzene rings is 1. The zero-order chi connectivity index (χ0) is 15.8. The molecule has 0 spiro atoms. The van der Waals surface area contributed by atoms with Crippen LogP contribution in [0.3, 0.4) is 0 Å². The standard InChI is InChI=1S/C17H28N2O2.ClH/c1-12(2)9-15(18)17(20)19-10-14-7-5-6-8-16(14)21-11-13(3)4;/h5-8,12-13,15H,9-11,18H2,1-4H3,(H,19,20);1H/t15-;/m0./s1. The van der Waals surface area contributed by atoms with Crippen LogP contribution in [0.1, 0.15) is 39.7 Å². The number of hydrogen-bond acceptors (Lipinski definition) is 3. The third-order valence-electron chi connectivity index (χ3n) is 3.06. The van der Waals surface area contributed by atoms with Crippen LogP contribution in [0, 0.1) is 11.8 Å². The van der Waals surface area contributed by atoms with Crippen molar-refractivity contribution in [3.05, 3.63) is 29.8 Å². The molecule has 0 bridgehead atoms. The fourth-order valence-electron chi connectivity index (χ4n) is 1.98. The average Bonchev–Trinajstić information content (AvgIpc) is 2.42. The number of ether oxygens (including phenoxy) is 1. The Balaban J connectivity index is 0.00000441. The number of carbonyl (C=O) groups excluding carboxylic acids is 1. The first-order valence-corrected chi connectivity index (χ1v) is 7.64. The number of halogens is 1. The van der Waals surface area contributed by atoms with Crippen LogP contribution in [-0.2, 0) is 11.3 Å². The van der Waals surface area contributed by atoms with Crippen molar-refractivity contribution in [1.29, 1.82) is 0 Å². The van der Waals surface area contributed by atoms with Crippen molar-refractivity contribution in [2.75, 3.05) is 6.61 Å². The molecule has 1 rings (SSSR count). The lowest BCUT2D eigenvalue weighted by atomic mass is 10.0. The molecule has 0 unspecified atom stereocenters. The van der Waals surface area contributed by atoms with E-state index >= 15 is 0 Å². The van der Waals surface area contributed by atoms with Crippen molar-refractivity contribution in [2.24, 2.45) is 17.6 Å². The van der Waals surface area contributed by atoms with E-state index in [1.807, 2.05) is 24.3 Å². The Bertz CT molecular complexity index is 450. The maximum Gasteiger partial charge on any atom is 0.237 e. The Kier molecular flexibility index (Phi) is 9.86. The van der Waals surface area contributed by atoms with Crippen molar-refractivity contribution in [3.8, 4) is 5.75 Å². The molecule has 0 aromatic heterocycles. The second kappa shape index (κ2) is 10.5. The summed E-state index contributed by atoms with van der Waals surface area (Å²) in [5.41, 5.74) is 6.85. The Labute approximate surface area is 140 Å². The normalized spacial score (nSPS) is 12.0. The third kappa shape index (κ3) is 7.66. The Morgan fingerprint density at radius 1 is 1.18 bits per heavy atom. The highest BCUT2D eigenvalue weighted by Crippen LogP contribution is 2.18. The molecular weight excluding hydrogens is 300 g/mol. The van der Waals surface area contributed by atoms with Gasteiger partial charge in [-0.1, -0.05) is 45.9 Å². The number of amides is 1. The van der Waals surface area contributed by atoms with Crippen molar-refractivity contribution in [1.82, 2.24) is 5.32 Å². The predicted molar refractivity (Wildman–Crippen MR) is 93.3 cm³/mol. The van der Waals surface area contributed by atoms with Crippen molar-refractivity contribution in [2.45, 2.75) is 46.7 Å². The number of carbonyl (C=O) groups is 1. The summed E-state index contributed by atoms with van der Waals surface area (Å²) >= 11 is 0. The summed E-state index contributed by atoms with van der Waals surface area (Å²) < 4.78 is 5.77. The van der Waals surface area contributed by atoms with E-state index in [1.54, 1.807) is 0 Å². The molecular formula is C17H29ClN2O2. The predicted octanol–water partition coefficient (Wildman–Crippen LogP) is 3.13. The van der Waals surface area contributed by atoms with Crippen LogP contribution >= 0.6 is 12.4 Å². The molecule has 22 heavy (non-hydrogen) atoms. The van der Waals surface area contributed by atoms with E-state index in [9.17, 15) is 4.79 Å². The van der Waals surface area contributed by atoms with Gasteiger partial charge in [0.1, 0.15) is 5.75 Å². The van der Waals surface area contributed by atoms with Crippen LogP contribution in [0.4, 0.5) is 0 Å². The summed E-state index contributed by atoms with van der Waals surface area (Å²) in [6.07, 6.45) is 0.692. The zero-order valence-electron chi connectivity index (χ0n) is 14.0. The lowest BCUT2D eigenvalue weighted by Gasteiger charge is -2.16. The second-order valence-electron chi connectivity index (χ2n) is 6.27. The minimum atomic E-state index is -0.450. The maximum absolute atomic E-state index is 12.0. The molecule has 0 fully saturated rings. The van der Waals surface area contributed by atoms with Crippen LogP contribution in [0.5, 0.6) is 5.75 Å². The van der Waals surface area contributed by atoms with E-state index in [2.05, 4.69) is 33.0 Å². The molecule has 126 valence electrons. The molecule has 5 heteroatoms. The van der Waals surface area contributed by atoms with Gasteiger partial charge in [0.05, 0.1) is 12.6 Å². The monoisotopic (exact) mass is 328 g/mol. The number of nitrogens with one attached hydrogen (secondary N) is 1. The summed E-state index contributed by atoms with van der Waals surface area (Å²) in [7, 11) is 0.